The summed E-state index contributed by atoms with van der Waals surface area (Å²) in [6.07, 6.45) is -0.945. The quantitative estimate of drug-likeness (QED) is 0.422. The molecule has 0 atom stereocenters. The SMILES string of the molecule is NC(N)c1ccc(C(=O)O)cc1C(=O)O.Nc1ccccc1. The lowest BCUT2D eigenvalue weighted by Crippen LogP contribution is -2.23. The summed E-state index contributed by atoms with van der Waals surface area (Å²) in [7, 11) is 0. The Balaban J connectivity index is 0.000000287. The van der Waals surface area contributed by atoms with Crippen LogP contribution in [-0.4, -0.2) is 22.2 Å². The zero-order valence-corrected chi connectivity index (χ0v) is 11.6. The highest BCUT2D eigenvalue weighted by atomic mass is 16.4. The van der Waals surface area contributed by atoms with Gasteiger partial charge in [0.05, 0.1) is 17.3 Å². The van der Waals surface area contributed by atoms with E-state index in [4.69, 9.17) is 27.4 Å². The van der Waals surface area contributed by atoms with Gasteiger partial charge in [-0.25, -0.2) is 9.59 Å². The molecule has 22 heavy (non-hydrogen) atoms. The summed E-state index contributed by atoms with van der Waals surface area (Å²) in [4.78, 5) is 21.4. The van der Waals surface area contributed by atoms with Crippen molar-refractivity contribution in [2.75, 3.05) is 5.73 Å². The molecule has 0 spiro atoms. The third-order valence-corrected chi connectivity index (χ3v) is 2.69. The van der Waals surface area contributed by atoms with E-state index in [0.717, 1.165) is 11.8 Å². The number of hydrogen-bond acceptors (Lipinski definition) is 5. The van der Waals surface area contributed by atoms with Gasteiger partial charge in [0.2, 0.25) is 0 Å². The molecule has 0 bridgehead atoms. The fourth-order valence-electron chi connectivity index (χ4n) is 1.62. The molecule has 116 valence electrons. The summed E-state index contributed by atoms with van der Waals surface area (Å²) in [5.74, 6) is -2.45. The van der Waals surface area contributed by atoms with Gasteiger partial charge in [0.1, 0.15) is 0 Å². The molecular formula is C15H17N3O4. The summed E-state index contributed by atoms with van der Waals surface area (Å²) in [6, 6.07) is 13.1. The topological polar surface area (TPSA) is 153 Å². The molecule has 0 aliphatic carbocycles. The van der Waals surface area contributed by atoms with Crippen molar-refractivity contribution in [2.45, 2.75) is 6.17 Å². The maximum absolute atomic E-state index is 10.8. The molecule has 2 aromatic rings. The second-order valence-corrected chi connectivity index (χ2v) is 4.35. The molecule has 0 aliphatic rings. The summed E-state index contributed by atoms with van der Waals surface area (Å²) < 4.78 is 0. The van der Waals surface area contributed by atoms with Crippen molar-refractivity contribution in [2.24, 2.45) is 11.5 Å². The smallest absolute Gasteiger partial charge is 0.336 e. The molecule has 0 saturated carbocycles. The normalized spacial score (nSPS) is 9.77. The van der Waals surface area contributed by atoms with E-state index in [1.54, 1.807) is 0 Å². The van der Waals surface area contributed by atoms with E-state index in [0.29, 0.717) is 0 Å². The predicted octanol–water partition coefficient (Wildman–Crippen LogP) is 1.27. The minimum Gasteiger partial charge on any atom is -0.478 e. The Morgan fingerprint density at radius 2 is 1.50 bits per heavy atom. The minimum atomic E-state index is -1.26. The Morgan fingerprint density at radius 3 is 1.86 bits per heavy atom. The minimum absolute atomic E-state index is 0.114. The number of carbonyl (C=O) groups is 2. The van der Waals surface area contributed by atoms with Gasteiger partial charge in [-0.15, -0.1) is 0 Å². The van der Waals surface area contributed by atoms with Gasteiger partial charge in [-0.2, -0.15) is 0 Å². The standard InChI is InChI=1S/C9H10N2O4.C6H7N/c10-7(11)5-2-1-4(8(12)13)3-6(5)9(14)15;7-6-4-2-1-3-5-6/h1-3,7H,10-11H2,(H,12,13)(H,14,15);1-5H,7H2. The molecule has 0 fully saturated rings. The van der Waals surface area contributed by atoms with Crippen molar-refractivity contribution in [3.63, 3.8) is 0 Å². The highest BCUT2D eigenvalue weighted by Gasteiger charge is 2.16. The van der Waals surface area contributed by atoms with Gasteiger partial charge in [-0.3, -0.25) is 0 Å². The van der Waals surface area contributed by atoms with Crippen molar-refractivity contribution < 1.29 is 19.8 Å². The van der Waals surface area contributed by atoms with Gasteiger partial charge in [-0.1, -0.05) is 24.3 Å². The first-order valence-electron chi connectivity index (χ1n) is 6.25. The molecule has 0 heterocycles. The lowest BCUT2D eigenvalue weighted by Gasteiger charge is -2.10. The zero-order valence-electron chi connectivity index (χ0n) is 11.6. The van der Waals surface area contributed by atoms with Crippen molar-refractivity contribution in [3.8, 4) is 0 Å². The van der Waals surface area contributed by atoms with Crippen LogP contribution in [0.3, 0.4) is 0 Å². The highest BCUT2D eigenvalue weighted by molar-refractivity contribution is 5.95. The van der Waals surface area contributed by atoms with Gasteiger partial charge in [0.25, 0.3) is 0 Å². The fourth-order valence-corrected chi connectivity index (χ4v) is 1.62. The van der Waals surface area contributed by atoms with Gasteiger partial charge in [0, 0.05) is 5.69 Å². The maximum atomic E-state index is 10.8. The summed E-state index contributed by atoms with van der Waals surface area (Å²) >= 11 is 0. The van der Waals surface area contributed by atoms with Crippen LogP contribution in [0, 0.1) is 0 Å². The maximum Gasteiger partial charge on any atom is 0.336 e. The average molecular weight is 303 g/mol. The van der Waals surface area contributed by atoms with Crippen molar-refractivity contribution >= 4 is 17.6 Å². The Bertz CT molecular complexity index is 657. The number of carboxylic acids is 2. The van der Waals surface area contributed by atoms with Crippen LogP contribution in [0.15, 0.2) is 48.5 Å². The van der Waals surface area contributed by atoms with Crippen molar-refractivity contribution in [1.82, 2.24) is 0 Å². The summed E-state index contributed by atoms with van der Waals surface area (Å²) in [6.45, 7) is 0. The number of benzene rings is 2. The number of hydrogen-bond donors (Lipinski definition) is 5. The van der Waals surface area contributed by atoms with E-state index in [9.17, 15) is 9.59 Å². The molecule has 2 aromatic carbocycles. The number of nitrogens with two attached hydrogens (primary N) is 3. The zero-order chi connectivity index (χ0) is 16.7. The van der Waals surface area contributed by atoms with Crippen molar-refractivity contribution in [1.29, 1.82) is 0 Å². The van der Waals surface area contributed by atoms with Gasteiger partial charge < -0.3 is 27.4 Å². The van der Waals surface area contributed by atoms with E-state index in [2.05, 4.69) is 0 Å². The Hall–Kier alpha value is -2.90. The second kappa shape index (κ2) is 7.77. The summed E-state index contributed by atoms with van der Waals surface area (Å²) in [5.41, 5.74) is 16.8. The Labute approximate surface area is 127 Å². The van der Waals surface area contributed by atoms with E-state index in [-0.39, 0.29) is 16.7 Å². The monoisotopic (exact) mass is 303 g/mol. The second-order valence-electron chi connectivity index (χ2n) is 4.35. The number of anilines is 1. The largest absolute Gasteiger partial charge is 0.478 e. The van der Waals surface area contributed by atoms with Crippen LogP contribution < -0.4 is 17.2 Å². The van der Waals surface area contributed by atoms with Crippen LogP contribution in [0.4, 0.5) is 5.69 Å². The lowest BCUT2D eigenvalue weighted by molar-refractivity contribution is 0.0694. The van der Waals surface area contributed by atoms with Crippen LogP contribution in [0.5, 0.6) is 0 Å². The van der Waals surface area contributed by atoms with E-state index in [1.807, 2.05) is 30.3 Å². The lowest BCUT2D eigenvalue weighted by atomic mass is 10.0. The van der Waals surface area contributed by atoms with Crippen LogP contribution in [0.2, 0.25) is 0 Å². The number of rotatable bonds is 3. The third kappa shape index (κ3) is 4.89. The molecule has 7 heteroatoms. The number of carboxylic acid groups (broad SMARTS) is 2. The Kier molecular flexibility index (Phi) is 6.06. The first-order valence-corrected chi connectivity index (χ1v) is 6.25. The number of nitrogen functional groups attached to an aromatic ring is 1. The van der Waals surface area contributed by atoms with E-state index in [1.165, 1.54) is 12.1 Å². The Morgan fingerprint density at radius 1 is 0.909 bits per heavy atom. The molecule has 0 amide bonds. The number of aromatic carboxylic acids is 2. The first-order chi connectivity index (χ1) is 10.3. The van der Waals surface area contributed by atoms with Gasteiger partial charge in [0.15, 0.2) is 0 Å². The molecule has 0 unspecified atom stereocenters. The molecule has 8 N–H and O–H groups in total. The third-order valence-electron chi connectivity index (χ3n) is 2.69. The highest BCUT2D eigenvalue weighted by Crippen LogP contribution is 2.15. The predicted molar refractivity (Wildman–Crippen MR) is 82.3 cm³/mol. The summed E-state index contributed by atoms with van der Waals surface area (Å²) in [5, 5.41) is 17.5. The molecule has 2 rings (SSSR count). The van der Waals surface area contributed by atoms with Crippen LogP contribution >= 0.6 is 0 Å². The van der Waals surface area contributed by atoms with Crippen LogP contribution in [-0.2, 0) is 0 Å². The first kappa shape index (κ1) is 17.2. The molecule has 0 radical (unpaired) electrons. The van der Waals surface area contributed by atoms with Gasteiger partial charge in [-0.05, 0) is 29.8 Å². The van der Waals surface area contributed by atoms with Crippen molar-refractivity contribution in [3.05, 3.63) is 65.2 Å². The molecule has 7 nitrogen and oxygen atoms in total. The van der Waals surface area contributed by atoms with Crippen LogP contribution in [0.25, 0.3) is 0 Å². The van der Waals surface area contributed by atoms with E-state index < -0.39 is 18.1 Å². The number of para-hydroxylation sites is 1. The van der Waals surface area contributed by atoms with E-state index >= 15 is 0 Å². The average Bonchev–Trinajstić information content (AvgIpc) is 2.47. The molecule has 0 saturated heterocycles. The molecule has 0 aliphatic heterocycles. The van der Waals surface area contributed by atoms with Gasteiger partial charge >= 0.3 is 11.9 Å². The fraction of sp³-hybridized carbons (Fsp3) is 0.0667. The van der Waals surface area contributed by atoms with Crippen LogP contribution in [0.1, 0.15) is 32.4 Å². The molecule has 0 aromatic heterocycles. The molecular weight excluding hydrogens is 286 g/mol.